The number of carbonyl (C=O) groups is 7. The number of amides is 5. The minimum atomic E-state index is -1.27. The predicted molar refractivity (Wildman–Crippen MR) is 204 cm³/mol. The average molecular weight is 758 g/mol. The first-order valence-electron chi connectivity index (χ1n) is 18.1. The zero-order valence-electron chi connectivity index (χ0n) is 31.9. The predicted octanol–water partition coefficient (Wildman–Crippen LogP) is 2.64. The highest BCUT2D eigenvalue weighted by molar-refractivity contribution is 6.38. The van der Waals surface area contributed by atoms with E-state index in [0.29, 0.717) is 29.7 Å². The molecule has 14 heteroatoms. The van der Waals surface area contributed by atoms with E-state index in [1.807, 2.05) is 12.1 Å². The highest BCUT2D eigenvalue weighted by Gasteiger charge is 2.31. The molecule has 0 saturated heterocycles. The summed E-state index contributed by atoms with van der Waals surface area (Å²) in [7, 11) is 1.56. The van der Waals surface area contributed by atoms with Gasteiger partial charge >= 0.3 is 5.97 Å². The zero-order chi connectivity index (χ0) is 40.4. The van der Waals surface area contributed by atoms with Crippen LogP contribution in [0, 0.1) is 0 Å². The second-order valence-electron chi connectivity index (χ2n) is 13.8. The maximum atomic E-state index is 13.6. The quantitative estimate of drug-likeness (QED) is 0.0850. The van der Waals surface area contributed by atoms with E-state index in [2.05, 4.69) is 26.6 Å². The molecule has 0 aliphatic carbocycles. The molecule has 5 N–H and O–H groups in total. The van der Waals surface area contributed by atoms with E-state index in [1.54, 1.807) is 108 Å². The molecular formula is C41H51N5O9. The Kier molecular flexibility index (Phi) is 17.0. The maximum Gasteiger partial charge on any atom is 0.333 e. The van der Waals surface area contributed by atoms with Crippen molar-refractivity contribution in [3.63, 3.8) is 0 Å². The fourth-order valence-corrected chi connectivity index (χ4v) is 5.35. The van der Waals surface area contributed by atoms with Crippen LogP contribution in [0.4, 0.5) is 0 Å². The van der Waals surface area contributed by atoms with Crippen molar-refractivity contribution in [1.82, 2.24) is 26.6 Å². The first-order valence-corrected chi connectivity index (χ1v) is 18.1. The van der Waals surface area contributed by atoms with E-state index in [4.69, 9.17) is 9.47 Å². The van der Waals surface area contributed by atoms with E-state index in [-0.39, 0.29) is 31.7 Å². The van der Waals surface area contributed by atoms with Crippen LogP contribution in [0.25, 0.3) is 0 Å². The van der Waals surface area contributed by atoms with Crippen LogP contribution in [0.5, 0.6) is 5.75 Å². The van der Waals surface area contributed by atoms with E-state index in [1.165, 1.54) is 0 Å². The van der Waals surface area contributed by atoms with Gasteiger partial charge in [0.15, 0.2) is 6.04 Å². The van der Waals surface area contributed by atoms with Crippen LogP contribution in [0.15, 0.2) is 84.9 Å². The number of ketones is 1. The van der Waals surface area contributed by atoms with Crippen molar-refractivity contribution in [2.24, 2.45) is 0 Å². The summed E-state index contributed by atoms with van der Waals surface area (Å²) < 4.78 is 10.6. The first-order chi connectivity index (χ1) is 26.2. The molecule has 0 radical (unpaired) electrons. The Labute approximate surface area is 321 Å². The van der Waals surface area contributed by atoms with Gasteiger partial charge in [-0.05, 0) is 62.4 Å². The van der Waals surface area contributed by atoms with Gasteiger partial charge < -0.3 is 36.1 Å². The van der Waals surface area contributed by atoms with Gasteiger partial charge in [0, 0.05) is 12.8 Å². The molecule has 3 atom stereocenters. The fraction of sp³-hybridized carbons (Fsp3) is 0.390. The normalized spacial score (nSPS) is 12.5. The number of nitrogens with one attached hydrogen (secondary N) is 5. The Hall–Kier alpha value is -6.05. The second kappa shape index (κ2) is 21.6. The van der Waals surface area contributed by atoms with Crippen molar-refractivity contribution in [2.45, 2.75) is 83.5 Å². The minimum absolute atomic E-state index is 0.0590. The standard InChI is InChI=1S/C41H51N5O9/c1-6-13-31(37(50)39(52)43-26-35(49)46-36(29-16-11-8-12-17-29)40(53)55-41(2,3)4)45-38(51)32(24-28-14-9-7-10-15-28)44-34(48)25-42-33(47)23-20-27-18-21-30(54-5)22-19-27/h7-12,14-19,21-22,31-32,36H,6,13,20,23-26H2,1-5H3,(H,42,47)(H,43,52)(H,44,48)(H,45,51)(H,46,49). The molecule has 0 spiro atoms. The molecule has 0 aliphatic heterocycles. The lowest BCUT2D eigenvalue weighted by molar-refractivity contribution is -0.158. The second-order valence-corrected chi connectivity index (χ2v) is 13.8. The van der Waals surface area contributed by atoms with E-state index >= 15 is 0 Å². The minimum Gasteiger partial charge on any atom is -0.497 e. The number of methoxy groups -OCH3 is 1. The van der Waals surface area contributed by atoms with Gasteiger partial charge in [0.25, 0.3) is 5.91 Å². The van der Waals surface area contributed by atoms with E-state index < -0.39 is 65.7 Å². The first kappa shape index (κ1) is 43.4. The van der Waals surface area contributed by atoms with Gasteiger partial charge in [-0.2, -0.15) is 0 Å². The molecule has 5 amide bonds. The Morgan fingerprint density at radius 2 is 1.27 bits per heavy atom. The van der Waals surface area contributed by atoms with Gasteiger partial charge in [0.05, 0.1) is 26.2 Å². The van der Waals surface area contributed by atoms with Gasteiger partial charge in [0.1, 0.15) is 17.4 Å². The summed E-state index contributed by atoms with van der Waals surface area (Å²) in [4.78, 5) is 91.2. The fourth-order valence-electron chi connectivity index (χ4n) is 5.35. The Bertz CT molecular complexity index is 1760. The Morgan fingerprint density at radius 3 is 1.87 bits per heavy atom. The van der Waals surface area contributed by atoms with Crippen LogP contribution in [0.3, 0.4) is 0 Å². The van der Waals surface area contributed by atoms with Gasteiger partial charge in [-0.1, -0.05) is 86.1 Å². The topological polar surface area (TPSA) is 198 Å². The number of esters is 1. The van der Waals surface area contributed by atoms with Gasteiger partial charge in [-0.25, -0.2) is 4.79 Å². The number of ether oxygens (including phenoxy) is 2. The van der Waals surface area contributed by atoms with E-state index in [0.717, 1.165) is 5.56 Å². The number of aryl methyl sites for hydroxylation is 1. The largest absolute Gasteiger partial charge is 0.497 e. The molecule has 14 nitrogen and oxygen atoms in total. The molecule has 0 saturated carbocycles. The van der Waals surface area contributed by atoms with Crippen LogP contribution >= 0.6 is 0 Å². The number of benzene rings is 3. The summed E-state index contributed by atoms with van der Waals surface area (Å²) in [5.41, 5.74) is 1.27. The lowest BCUT2D eigenvalue weighted by atomic mass is 10.0. The molecule has 294 valence electrons. The highest BCUT2D eigenvalue weighted by Crippen LogP contribution is 2.19. The summed E-state index contributed by atoms with van der Waals surface area (Å²) in [6.45, 7) is 5.81. The Balaban J connectivity index is 1.61. The molecule has 3 aromatic carbocycles. The van der Waals surface area contributed by atoms with E-state index in [9.17, 15) is 33.6 Å². The number of rotatable bonds is 20. The smallest absolute Gasteiger partial charge is 0.333 e. The van der Waals surface area contributed by atoms with Crippen molar-refractivity contribution in [3.05, 3.63) is 102 Å². The molecule has 0 heterocycles. The molecule has 3 rings (SSSR count). The summed E-state index contributed by atoms with van der Waals surface area (Å²) in [6, 6.07) is 21.0. The lowest BCUT2D eigenvalue weighted by Gasteiger charge is -2.25. The monoisotopic (exact) mass is 757 g/mol. The van der Waals surface area contributed by atoms with Crippen molar-refractivity contribution in [3.8, 4) is 5.75 Å². The molecule has 55 heavy (non-hydrogen) atoms. The molecule has 0 fully saturated rings. The number of carbonyl (C=O) groups excluding carboxylic acids is 7. The van der Waals surface area contributed by atoms with Crippen LogP contribution in [0.2, 0.25) is 0 Å². The third kappa shape index (κ3) is 15.4. The van der Waals surface area contributed by atoms with Crippen LogP contribution in [-0.4, -0.2) is 79.2 Å². The Morgan fingerprint density at radius 1 is 0.673 bits per heavy atom. The van der Waals surface area contributed by atoms with Gasteiger partial charge in [-0.15, -0.1) is 0 Å². The third-order valence-electron chi connectivity index (χ3n) is 8.10. The van der Waals surface area contributed by atoms with Crippen molar-refractivity contribution >= 4 is 41.3 Å². The summed E-state index contributed by atoms with van der Waals surface area (Å²) in [5.74, 6) is -4.59. The molecule has 0 bridgehead atoms. The molecule has 0 aliphatic rings. The molecule has 0 aromatic heterocycles. The van der Waals surface area contributed by atoms with Gasteiger partial charge in [0.2, 0.25) is 29.4 Å². The SMILES string of the molecule is CCCC(NC(=O)C(Cc1ccccc1)NC(=O)CNC(=O)CCc1ccc(OC)cc1)C(=O)C(=O)NCC(=O)NC(C(=O)OC(C)(C)C)c1ccccc1. The number of Topliss-reactive ketones (excluding diaryl/α,β-unsaturated/α-hetero) is 1. The average Bonchev–Trinajstić information content (AvgIpc) is 3.16. The molecule has 3 aromatic rings. The molecular weight excluding hydrogens is 706 g/mol. The third-order valence-corrected chi connectivity index (χ3v) is 8.10. The van der Waals surface area contributed by atoms with Gasteiger partial charge in [-0.3, -0.25) is 28.8 Å². The zero-order valence-corrected chi connectivity index (χ0v) is 31.9. The van der Waals surface area contributed by atoms with Crippen LogP contribution in [-0.2, 0) is 51.1 Å². The molecule has 3 unspecified atom stereocenters. The summed E-state index contributed by atoms with van der Waals surface area (Å²) in [6.07, 6.45) is 1.15. The summed E-state index contributed by atoms with van der Waals surface area (Å²) >= 11 is 0. The number of hydrogen-bond donors (Lipinski definition) is 5. The van der Waals surface area contributed by atoms with Crippen molar-refractivity contribution < 1.29 is 43.0 Å². The van der Waals surface area contributed by atoms with Crippen LogP contribution < -0.4 is 31.3 Å². The maximum absolute atomic E-state index is 13.6. The number of hydrogen-bond acceptors (Lipinski definition) is 9. The summed E-state index contributed by atoms with van der Waals surface area (Å²) in [5, 5.41) is 12.6. The van der Waals surface area contributed by atoms with Crippen molar-refractivity contribution in [1.29, 1.82) is 0 Å². The van der Waals surface area contributed by atoms with Crippen molar-refractivity contribution in [2.75, 3.05) is 20.2 Å². The lowest BCUT2D eigenvalue weighted by Crippen LogP contribution is -2.55. The van der Waals surface area contributed by atoms with Crippen LogP contribution in [0.1, 0.15) is 69.7 Å². The highest BCUT2D eigenvalue weighted by atomic mass is 16.6.